The second-order valence-corrected chi connectivity index (χ2v) is 5.64. The standard InChI is InChI=1S/C15H24N4.2ClH/c1-2-14(12-16-5-1)4-7-18-8-10-19(11-9-18)15-3-6-17-13-15;;/h1-2,5,12,15,17H,3-4,6-11,13H2;2*1H. The summed E-state index contributed by atoms with van der Waals surface area (Å²) in [5, 5.41) is 3.47. The van der Waals surface area contributed by atoms with E-state index < -0.39 is 0 Å². The molecule has 0 bridgehead atoms. The molecule has 6 heteroatoms. The molecule has 0 saturated carbocycles. The minimum absolute atomic E-state index is 0. The van der Waals surface area contributed by atoms with Crippen LogP contribution < -0.4 is 5.32 Å². The molecule has 2 aliphatic rings. The maximum absolute atomic E-state index is 4.18. The van der Waals surface area contributed by atoms with E-state index in [1.54, 1.807) is 0 Å². The lowest BCUT2D eigenvalue weighted by atomic mass is 10.1. The van der Waals surface area contributed by atoms with E-state index in [4.69, 9.17) is 0 Å². The Hall–Kier alpha value is -0.390. The summed E-state index contributed by atoms with van der Waals surface area (Å²) < 4.78 is 0. The zero-order valence-electron chi connectivity index (χ0n) is 12.4. The second kappa shape index (κ2) is 9.59. The summed E-state index contributed by atoms with van der Waals surface area (Å²) >= 11 is 0. The first-order valence-corrected chi connectivity index (χ1v) is 7.48. The Bertz CT molecular complexity index is 377. The molecule has 3 rings (SSSR count). The van der Waals surface area contributed by atoms with Crippen LogP contribution in [-0.4, -0.2) is 66.6 Å². The van der Waals surface area contributed by atoms with Crippen molar-refractivity contribution in [1.29, 1.82) is 0 Å². The lowest BCUT2D eigenvalue weighted by Crippen LogP contribution is -2.51. The number of nitrogens with zero attached hydrogens (tertiary/aromatic N) is 3. The average molecular weight is 333 g/mol. The van der Waals surface area contributed by atoms with Crippen LogP contribution in [0.3, 0.4) is 0 Å². The van der Waals surface area contributed by atoms with E-state index in [1.807, 2.05) is 18.5 Å². The van der Waals surface area contributed by atoms with Crippen molar-refractivity contribution in [3.05, 3.63) is 30.1 Å². The summed E-state index contributed by atoms with van der Waals surface area (Å²) in [6.07, 6.45) is 6.28. The molecular formula is C15H26Cl2N4. The van der Waals surface area contributed by atoms with Gasteiger partial charge in [0.05, 0.1) is 0 Å². The smallest absolute Gasteiger partial charge is 0.0300 e. The van der Waals surface area contributed by atoms with Crippen molar-refractivity contribution in [1.82, 2.24) is 20.1 Å². The first-order valence-electron chi connectivity index (χ1n) is 7.48. The molecule has 3 heterocycles. The highest BCUT2D eigenvalue weighted by Crippen LogP contribution is 2.12. The highest BCUT2D eigenvalue weighted by atomic mass is 35.5. The minimum atomic E-state index is 0. The Morgan fingerprint density at radius 1 is 1.19 bits per heavy atom. The Kier molecular flexibility index (Phi) is 8.52. The van der Waals surface area contributed by atoms with Gasteiger partial charge in [-0.15, -0.1) is 24.8 Å². The van der Waals surface area contributed by atoms with E-state index in [0.29, 0.717) is 0 Å². The van der Waals surface area contributed by atoms with Crippen LogP contribution in [0.15, 0.2) is 24.5 Å². The number of aromatic nitrogens is 1. The highest BCUT2D eigenvalue weighted by Gasteiger charge is 2.25. The summed E-state index contributed by atoms with van der Waals surface area (Å²) in [6.45, 7) is 8.47. The second-order valence-electron chi connectivity index (χ2n) is 5.64. The van der Waals surface area contributed by atoms with Gasteiger partial charge in [-0.1, -0.05) is 6.07 Å². The minimum Gasteiger partial charge on any atom is -0.315 e. The van der Waals surface area contributed by atoms with Crippen molar-refractivity contribution < 1.29 is 0 Å². The van der Waals surface area contributed by atoms with Crippen LogP contribution in [0.5, 0.6) is 0 Å². The third kappa shape index (κ3) is 5.38. The molecule has 4 nitrogen and oxygen atoms in total. The van der Waals surface area contributed by atoms with Gasteiger partial charge in [0, 0.05) is 57.7 Å². The fourth-order valence-electron chi connectivity index (χ4n) is 3.14. The molecular weight excluding hydrogens is 307 g/mol. The van der Waals surface area contributed by atoms with Gasteiger partial charge in [-0.3, -0.25) is 9.88 Å². The van der Waals surface area contributed by atoms with Crippen molar-refractivity contribution in [2.45, 2.75) is 18.9 Å². The maximum atomic E-state index is 4.18. The third-order valence-corrected chi connectivity index (χ3v) is 4.40. The fraction of sp³-hybridized carbons (Fsp3) is 0.667. The summed E-state index contributed by atoms with van der Waals surface area (Å²) in [5.74, 6) is 0. The van der Waals surface area contributed by atoms with Crippen LogP contribution >= 0.6 is 24.8 Å². The Balaban J connectivity index is 0.00000110. The molecule has 1 aromatic heterocycles. The van der Waals surface area contributed by atoms with E-state index in [2.05, 4.69) is 26.2 Å². The maximum Gasteiger partial charge on any atom is 0.0300 e. The Morgan fingerprint density at radius 2 is 2.00 bits per heavy atom. The van der Waals surface area contributed by atoms with Crippen molar-refractivity contribution in [3.63, 3.8) is 0 Å². The monoisotopic (exact) mass is 332 g/mol. The normalized spacial score (nSPS) is 23.3. The lowest BCUT2D eigenvalue weighted by molar-refractivity contribution is 0.103. The summed E-state index contributed by atoms with van der Waals surface area (Å²) in [6, 6.07) is 4.99. The number of nitrogens with one attached hydrogen (secondary N) is 1. The number of hydrogen-bond acceptors (Lipinski definition) is 4. The van der Waals surface area contributed by atoms with Gasteiger partial charge in [0.2, 0.25) is 0 Å². The van der Waals surface area contributed by atoms with Gasteiger partial charge in [-0.25, -0.2) is 0 Å². The largest absolute Gasteiger partial charge is 0.315 e. The van der Waals surface area contributed by atoms with Crippen molar-refractivity contribution in [2.75, 3.05) is 45.8 Å². The number of rotatable bonds is 4. The molecule has 2 aliphatic heterocycles. The summed E-state index contributed by atoms with van der Waals surface area (Å²) in [4.78, 5) is 9.44. The van der Waals surface area contributed by atoms with Gasteiger partial charge in [0.25, 0.3) is 0 Å². The predicted molar refractivity (Wildman–Crippen MR) is 91.7 cm³/mol. The molecule has 21 heavy (non-hydrogen) atoms. The summed E-state index contributed by atoms with van der Waals surface area (Å²) in [5.41, 5.74) is 1.35. The summed E-state index contributed by atoms with van der Waals surface area (Å²) in [7, 11) is 0. The van der Waals surface area contributed by atoms with Crippen molar-refractivity contribution in [2.24, 2.45) is 0 Å². The van der Waals surface area contributed by atoms with Crippen molar-refractivity contribution in [3.8, 4) is 0 Å². The van der Waals surface area contributed by atoms with Gasteiger partial charge >= 0.3 is 0 Å². The first kappa shape index (κ1) is 18.7. The molecule has 1 N–H and O–H groups in total. The molecule has 2 fully saturated rings. The lowest BCUT2D eigenvalue weighted by Gasteiger charge is -2.37. The molecule has 1 aromatic rings. The van der Waals surface area contributed by atoms with Crippen LogP contribution in [0, 0.1) is 0 Å². The van der Waals surface area contributed by atoms with E-state index in [1.165, 1.54) is 57.8 Å². The topological polar surface area (TPSA) is 31.4 Å². The third-order valence-electron chi connectivity index (χ3n) is 4.40. The molecule has 0 spiro atoms. The highest BCUT2D eigenvalue weighted by molar-refractivity contribution is 5.85. The molecule has 0 aliphatic carbocycles. The quantitative estimate of drug-likeness (QED) is 0.904. The molecule has 1 atom stereocenters. The number of halogens is 2. The van der Waals surface area contributed by atoms with E-state index in [0.717, 1.165) is 12.5 Å². The average Bonchev–Trinajstić information content (AvgIpc) is 3.01. The first-order chi connectivity index (χ1) is 9.42. The molecule has 0 amide bonds. The van der Waals surface area contributed by atoms with Crippen LogP contribution in [0.1, 0.15) is 12.0 Å². The fourth-order valence-corrected chi connectivity index (χ4v) is 3.14. The van der Waals surface area contributed by atoms with Crippen molar-refractivity contribution >= 4 is 24.8 Å². The van der Waals surface area contributed by atoms with E-state index in [9.17, 15) is 0 Å². The Labute approximate surface area is 140 Å². The van der Waals surface area contributed by atoms with Crippen LogP contribution in [0.4, 0.5) is 0 Å². The van der Waals surface area contributed by atoms with E-state index >= 15 is 0 Å². The predicted octanol–water partition coefficient (Wildman–Crippen LogP) is 1.45. The van der Waals surface area contributed by atoms with Gasteiger partial charge < -0.3 is 10.2 Å². The zero-order chi connectivity index (χ0) is 12.9. The van der Waals surface area contributed by atoms with E-state index in [-0.39, 0.29) is 24.8 Å². The van der Waals surface area contributed by atoms with Gasteiger partial charge in [-0.2, -0.15) is 0 Å². The van der Waals surface area contributed by atoms with Crippen LogP contribution in [0.25, 0.3) is 0 Å². The number of piperazine rings is 1. The number of pyridine rings is 1. The van der Waals surface area contributed by atoms with Gasteiger partial charge in [-0.05, 0) is 31.0 Å². The molecule has 2 saturated heterocycles. The molecule has 0 aromatic carbocycles. The Morgan fingerprint density at radius 3 is 2.62 bits per heavy atom. The SMILES string of the molecule is Cl.Cl.c1cncc(CCN2CCN(C3CCNC3)CC2)c1. The molecule has 120 valence electrons. The zero-order valence-corrected chi connectivity index (χ0v) is 14.0. The number of hydrogen-bond donors (Lipinski definition) is 1. The van der Waals surface area contributed by atoms with Gasteiger partial charge in [0.15, 0.2) is 0 Å². The molecule has 0 radical (unpaired) electrons. The molecule has 1 unspecified atom stereocenters. The van der Waals surface area contributed by atoms with Gasteiger partial charge in [0.1, 0.15) is 0 Å². The van der Waals surface area contributed by atoms with Crippen LogP contribution in [-0.2, 0) is 6.42 Å². The van der Waals surface area contributed by atoms with Crippen LogP contribution in [0.2, 0.25) is 0 Å².